The average Bonchev–Trinajstić information content (AvgIpc) is 2.96. The first-order valence-electron chi connectivity index (χ1n) is 4.84. The Morgan fingerprint density at radius 1 is 1.71 bits per heavy atom. The highest BCUT2D eigenvalue weighted by molar-refractivity contribution is 7.99. The number of tetrazole rings is 1. The van der Waals surface area contributed by atoms with Crippen LogP contribution in [0.3, 0.4) is 0 Å². The van der Waals surface area contributed by atoms with Gasteiger partial charge in [-0.05, 0) is 29.5 Å². The van der Waals surface area contributed by atoms with Gasteiger partial charge in [-0.25, -0.2) is 4.68 Å². The fourth-order valence-electron chi connectivity index (χ4n) is 1.30. The largest absolute Gasteiger partial charge is 0.481 e. The van der Waals surface area contributed by atoms with Crippen LogP contribution in [0.25, 0.3) is 0 Å². The first kappa shape index (κ1) is 11.6. The third-order valence-electron chi connectivity index (χ3n) is 2.11. The van der Waals surface area contributed by atoms with Gasteiger partial charge in [-0.2, -0.15) is 0 Å². The van der Waals surface area contributed by atoms with Crippen molar-refractivity contribution in [2.75, 3.05) is 5.75 Å². The van der Waals surface area contributed by atoms with Crippen LogP contribution >= 0.6 is 11.8 Å². The second kappa shape index (κ2) is 5.00. The maximum Gasteiger partial charge on any atom is 0.313 e. The zero-order valence-corrected chi connectivity index (χ0v) is 9.79. The Hall–Kier alpha value is -1.83. The minimum Gasteiger partial charge on any atom is -0.481 e. The maximum atomic E-state index is 10.5. The molecule has 2 aromatic heterocycles. The summed E-state index contributed by atoms with van der Waals surface area (Å²) >= 11 is 1.07. The number of hydrogen-bond acceptors (Lipinski definition) is 6. The van der Waals surface area contributed by atoms with Crippen LogP contribution in [0, 0.1) is 0 Å². The molecule has 0 bridgehead atoms. The molecule has 2 aromatic rings. The van der Waals surface area contributed by atoms with Gasteiger partial charge in [-0.15, -0.1) is 5.10 Å². The predicted octanol–water partition coefficient (Wildman–Crippen LogP) is 1.05. The van der Waals surface area contributed by atoms with Gasteiger partial charge < -0.3 is 9.52 Å². The number of carbonyl (C=O) groups is 1. The molecule has 0 aliphatic carbocycles. The lowest BCUT2D eigenvalue weighted by atomic mass is 10.3. The molecule has 0 aromatic carbocycles. The number of carboxylic acids is 1. The standard InChI is InChI=1S/C9H10N4O3S/c1-6(7-3-2-4-16-7)13-9(10-11-12-13)17-5-8(14)15/h2-4,6H,5H2,1H3,(H,14,15). The summed E-state index contributed by atoms with van der Waals surface area (Å²) in [5, 5.41) is 20.2. The van der Waals surface area contributed by atoms with Crippen LogP contribution in [0.5, 0.6) is 0 Å². The molecule has 1 atom stereocenters. The minimum absolute atomic E-state index is 0.0781. The summed E-state index contributed by atoms with van der Waals surface area (Å²) in [7, 11) is 0. The monoisotopic (exact) mass is 254 g/mol. The van der Waals surface area contributed by atoms with Gasteiger partial charge in [0, 0.05) is 0 Å². The lowest BCUT2D eigenvalue weighted by Crippen LogP contribution is -2.10. The van der Waals surface area contributed by atoms with E-state index in [1.165, 1.54) is 4.68 Å². The van der Waals surface area contributed by atoms with Crippen molar-refractivity contribution in [1.29, 1.82) is 0 Å². The molecule has 2 rings (SSSR count). The van der Waals surface area contributed by atoms with Gasteiger partial charge in [0.25, 0.3) is 0 Å². The van der Waals surface area contributed by atoms with E-state index in [-0.39, 0.29) is 11.8 Å². The molecule has 1 unspecified atom stereocenters. The first-order chi connectivity index (χ1) is 8.18. The molecule has 1 N–H and O–H groups in total. The van der Waals surface area contributed by atoms with Crippen molar-refractivity contribution in [3.05, 3.63) is 24.2 Å². The Labute approximate surface area is 101 Å². The van der Waals surface area contributed by atoms with Gasteiger partial charge in [0.15, 0.2) is 0 Å². The Bertz CT molecular complexity index is 496. The van der Waals surface area contributed by atoms with E-state index in [2.05, 4.69) is 15.5 Å². The Kier molecular flexibility index (Phi) is 3.43. The number of hydrogen-bond donors (Lipinski definition) is 1. The van der Waals surface area contributed by atoms with Crippen molar-refractivity contribution in [3.8, 4) is 0 Å². The molecule has 0 amide bonds. The van der Waals surface area contributed by atoms with E-state index in [0.717, 1.165) is 17.5 Å². The summed E-state index contributed by atoms with van der Waals surface area (Å²) in [6.07, 6.45) is 1.57. The van der Waals surface area contributed by atoms with Gasteiger partial charge in [-0.3, -0.25) is 4.79 Å². The lowest BCUT2D eigenvalue weighted by molar-refractivity contribution is -0.133. The SMILES string of the molecule is CC(c1ccco1)n1nnnc1SCC(=O)O. The number of furan rings is 1. The molecule has 0 aliphatic heterocycles. The number of carboxylic acid groups (broad SMARTS) is 1. The molecule has 7 nitrogen and oxygen atoms in total. The second-order valence-electron chi connectivity index (χ2n) is 3.28. The Balaban J connectivity index is 2.16. The molecular weight excluding hydrogens is 244 g/mol. The molecule has 0 saturated heterocycles. The number of thioether (sulfide) groups is 1. The quantitative estimate of drug-likeness (QED) is 0.797. The van der Waals surface area contributed by atoms with Crippen LogP contribution in [-0.4, -0.2) is 37.0 Å². The normalized spacial score (nSPS) is 12.5. The van der Waals surface area contributed by atoms with Gasteiger partial charge in [0.2, 0.25) is 5.16 Å². The van der Waals surface area contributed by atoms with Crippen LogP contribution in [0.4, 0.5) is 0 Å². The highest BCUT2D eigenvalue weighted by Crippen LogP contribution is 2.22. The third kappa shape index (κ3) is 2.64. The summed E-state index contributed by atoms with van der Waals surface area (Å²) in [6.45, 7) is 1.88. The summed E-state index contributed by atoms with van der Waals surface area (Å²) in [4.78, 5) is 10.5. The topological polar surface area (TPSA) is 94.0 Å². The zero-order chi connectivity index (χ0) is 12.3. The highest BCUT2D eigenvalue weighted by Gasteiger charge is 2.17. The zero-order valence-electron chi connectivity index (χ0n) is 8.98. The van der Waals surface area contributed by atoms with E-state index in [0.29, 0.717) is 5.16 Å². The summed E-state index contributed by atoms with van der Waals surface area (Å²) < 4.78 is 6.79. The summed E-state index contributed by atoms with van der Waals surface area (Å²) in [5.74, 6) is -0.268. The molecule has 0 spiro atoms. The van der Waals surface area contributed by atoms with Crippen LogP contribution in [0.15, 0.2) is 28.0 Å². The molecule has 90 valence electrons. The smallest absolute Gasteiger partial charge is 0.313 e. The number of nitrogens with zero attached hydrogens (tertiary/aromatic N) is 4. The van der Waals surface area contributed by atoms with E-state index in [1.807, 2.05) is 13.0 Å². The van der Waals surface area contributed by atoms with Crippen LogP contribution in [0.1, 0.15) is 18.7 Å². The summed E-state index contributed by atoms with van der Waals surface area (Å²) in [6, 6.07) is 3.43. The molecule has 0 fully saturated rings. The van der Waals surface area contributed by atoms with Crippen LogP contribution < -0.4 is 0 Å². The predicted molar refractivity (Wildman–Crippen MR) is 58.7 cm³/mol. The van der Waals surface area contributed by atoms with Gasteiger partial charge >= 0.3 is 5.97 Å². The minimum atomic E-state index is -0.907. The first-order valence-corrected chi connectivity index (χ1v) is 5.83. The fourth-order valence-corrected chi connectivity index (χ4v) is 1.97. The average molecular weight is 254 g/mol. The van der Waals surface area contributed by atoms with E-state index < -0.39 is 5.97 Å². The van der Waals surface area contributed by atoms with Crippen molar-refractivity contribution in [2.24, 2.45) is 0 Å². The molecule has 0 radical (unpaired) electrons. The Morgan fingerprint density at radius 3 is 3.18 bits per heavy atom. The fraction of sp³-hybridized carbons (Fsp3) is 0.333. The molecule has 0 aliphatic rings. The van der Waals surface area contributed by atoms with Crippen LogP contribution in [-0.2, 0) is 4.79 Å². The highest BCUT2D eigenvalue weighted by atomic mass is 32.2. The molecule has 2 heterocycles. The van der Waals surface area contributed by atoms with E-state index in [4.69, 9.17) is 9.52 Å². The molecule has 8 heteroatoms. The van der Waals surface area contributed by atoms with Crippen molar-refractivity contribution in [2.45, 2.75) is 18.1 Å². The molecule has 17 heavy (non-hydrogen) atoms. The van der Waals surface area contributed by atoms with Gasteiger partial charge in [-0.1, -0.05) is 11.8 Å². The number of aromatic nitrogens is 4. The number of rotatable bonds is 5. The molecule has 0 saturated carbocycles. The van der Waals surface area contributed by atoms with Gasteiger partial charge in [0.1, 0.15) is 11.8 Å². The van der Waals surface area contributed by atoms with Crippen molar-refractivity contribution in [3.63, 3.8) is 0 Å². The Morgan fingerprint density at radius 2 is 2.53 bits per heavy atom. The van der Waals surface area contributed by atoms with E-state index in [1.54, 1.807) is 12.3 Å². The van der Waals surface area contributed by atoms with Crippen molar-refractivity contribution in [1.82, 2.24) is 20.2 Å². The van der Waals surface area contributed by atoms with E-state index in [9.17, 15) is 4.79 Å². The molecular formula is C9H10N4O3S. The number of aliphatic carboxylic acids is 1. The lowest BCUT2D eigenvalue weighted by Gasteiger charge is -2.09. The third-order valence-corrected chi connectivity index (χ3v) is 3.03. The van der Waals surface area contributed by atoms with Crippen LogP contribution in [0.2, 0.25) is 0 Å². The van der Waals surface area contributed by atoms with E-state index >= 15 is 0 Å². The second-order valence-corrected chi connectivity index (χ2v) is 4.22. The van der Waals surface area contributed by atoms with Crippen molar-refractivity contribution < 1.29 is 14.3 Å². The summed E-state index contributed by atoms with van der Waals surface area (Å²) in [5.41, 5.74) is 0. The van der Waals surface area contributed by atoms with Gasteiger partial charge in [0.05, 0.1) is 12.0 Å². The van der Waals surface area contributed by atoms with Crippen molar-refractivity contribution >= 4 is 17.7 Å². The maximum absolute atomic E-state index is 10.5.